The maximum absolute atomic E-state index is 13.0. The Morgan fingerprint density at radius 2 is 0.679 bits per heavy atom. The van der Waals surface area contributed by atoms with Gasteiger partial charge in [-0.05, 0) is 51.4 Å². The number of rotatable bonds is 35. The quantitative estimate of drug-likeness (QED) is 0.0246. The number of carbonyl (C=O) groups is 4. The average Bonchev–Trinajstić information content (AvgIpc) is 3.04. The Balaban J connectivity index is 5.24. The molecular weight excluding hydrogens is 688 g/mol. The monoisotopic (exact) mass is 763 g/mol. The zero-order chi connectivity index (χ0) is 40.0. The Hall–Kier alpha value is -2.32. The Labute approximate surface area is 318 Å². The Morgan fingerprint density at radius 1 is 0.396 bits per heavy atom. The second kappa shape index (κ2) is 32.0. The third kappa shape index (κ3) is 29.7. The van der Waals surface area contributed by atoms with Gasteiger partial charge in [-0.25, -0.2) is 0 Å². The molecule has 0 aliphatic rings. The second-order valence-electron chi connectivity index (χ2n) is 14.7. The highest BCUT2D eigenvalue weighted by atomic mass is 16.6. The van der Waals surface area contributed by atoms with E-state index in [0.717, 1.165) is 70.6 Å². The second-order valence-corrected chi connectivity index (χ2v) is 14.7. The normalized spacial score (nSPS) is 16.1. The van der Waals surface area contributed by atoms with Gasteiger partial charge in [-0.1, -0.05) is 85.5 Å². The Morgan fingerprint density at radius 3 is 0.981 bits per heavy atom. The maximum Gasteiger partial charge on any atom is 0.308 e. The maximum atomic E-state index is 13.0. The molecule has 0 aromatic heterocycles. The van der Waals surface area contributed by atoms with Crippen LogP contribution in [0.15, 0.2) is 0 Å². The van der Waals surface area contributed by atoms with Gasteiger partial charge in [0.1, 0.15) is 18.3 Å². The summed E-state index contributed by atoms with van der Waals surface area (Å²) in [5, 5.41) is 61.2. The van der Waals surface area contributed by atoms with Crippen molar-refractivity contribution in [1.29, 1.82) is 0 Å². The van der Waals surface area contributed by atoms with Gasteiger partial charge in [0.15, 0.2) is 0 Å². The first-order valence-electron chi connectivity index (χ1n) is 20.4. The van der Waals surface area contributed by atoms with Crippen LogP contribution in [0.1, 0.15) is 182 Å². The standard InChI is InChI=1S/C40H74O13/c1-5-9-13-17-29(41)21-30(42)26-38(48)52-35(19-15-11-7-3)23-32(44)28-40(50)53-36(20-16-12-8-4)24-33(45)27-39(49)51-34(18-14-10-6-2)22-31(43)25-37(46)47/h29-36,41-45H,5-28H2,1-4H3,(H,46,47)/t29-,30-,31-,32-,33-,34+,35+,36+/m0/s1. The van der Waals surface area contributed by atoms with Crippen LogP contribution >= 0.6 is 0 Å². The highest BCUT2D eigenvalue weighted by molar-refractivity contribution is 5.71. The molecule has 8 atom stereocenters. The Kier molecular flexibility index (Phi) is 30.6. The van der Waals surface area contributed by atoms with E-state index in [9.17, 15) is 44.7 Å². The fraction of sp³-hybridized carbons (Fsp3) is 0.900. The first-order chi connectivity index (χ1) is 25.2. The van der Waals surface area contributed by atoms with Gasteiger partial charge in [-0.2, -0.15) is 0 Å². The summed E-state index contributed by atoms with van der Waals surface area (Å²) in [6.45, 7) is 8.13. The van der Waals surface area contributed by atoms with Crippen LogP contribution in [0.3, 0.4) is 0 Å². The molecule has 0 saturated heterocycles. The van der Waals surface area contributed by atoms with Crippen molar-refractivity contribution in [3.05, 3.63) is 0 Å². The topological polar surface area (TPSA) is 217 Å². The molecule has 0 aromatic carbocycles. The molecule has 6 N–H and O–H groups in total. The molecule has 0 unspecified atom stereocenters. The first-order valence-corrected chi connectivity index (χ1v) is 20.4. The molecule has 0 rings (SSSR count). The van der Waals surface area contributed by atoms with Gasteiger partial charge >= 0.3 is 23.9 Å². The number of carbonyl (C=O) groups excluding carboxylic acids is 3. The highest BCUT2D eigenvalue weighted by Crippen LogP contribution is 2.21. The summed E-state index contributed by atoms with van der Waals surface area (Å²) in [7, 11) is 0. The van der Waals surface area contributed by atoms with Crippen molar-refractivity contribution in [2.75, 3.05) is 0 Å². The molecule has 13 heteroatoms. The molecule has 0 aliphatic heterocycles. The van der Waals surface area contributed by atoms with E-state index in [-0.39, 0.29) is 44.9 Å². The van der Waals surface area contributed by atoms with Gasteiger partial charge in [0.05, 0.1) is 56.2 Å². The minimum Gasteiger partial charge on any atom is -0.481 e. The molecule has 0 aliphatic carbocycles. The molecule has 0 radical (unpaired) electrons. The molecule has 13 nitrogen and oxygen atoms in total. The van der Waals surface area contributed by atoms with E-state index in [1.54, 1.807) is 0 Å². The van der Waals surface area contributed by atoms with E-state index in [1.165, 1.54) is 0 Å². The summed E-state index contributed by atoms with van der Waals surface area (Å²) in [5.74, 6) is -3.19. The van der Waals surface area contributed by atoms with Gasteiger partial charge in [-0.15, -0.1) is 0 Å². The fourth-order valence-electron chi connectivity index (χ4n) is 6.33. The van der Waals surface area contributed by atoms with E-state index < -0.39 is 79.1 Å². The predicted octanol–water partition coefficient (Wildman–Crippen LogP) is 6.05. The van der Waals surface area contributed by atoms with E-state index in [2.05, 4.69) is 6.92 Å². The van der Waals surface area contributed by atoms with E-state index in [0.29, 0.717) is 32.1 Å². The highest BCUT2D eigenvalue weighted by Gasteiger charge is 2.27. The zero-order valence-electron chi connectivity index (χ0n) is 33.1. The molecular formula is C40H74O13. The van der Waals surface area contributed by atoms with Crippen molar-refractivity contribution in [3.8, 4) is 0 Å². The summed E-state index contributed by atoms with van der Waals surface area (Å²) in [6.07, 6.45) is 3.46. The molecule has 0 spiro atoms. The third-order valence-corrected chi connectivity index (χ3v) is 9.19. The summed E-state index contributed by atoms with van der Waals surface area (Å²) in [6, 6.07) is 0. The number of hydrogen-bond donors (Lipinski definition) is 6. The van der Waals surface area contributed by atoms with Crippen LogP contribution in [0.4, 0.5) is 0 Å². The van der Waals surface area contributed by atoms with E-state index >= 15 is 0 Å². The number of aliphatic hydroxyl groups is 5. The van der Waals surface area contributed by atoms with Crippen molar-refractivity contribution in [1.82, 2.24) is 0 Å². The number of aliphatic hydroxyl groups excluding tert-OH is 5. The first kappa shape index (κ1) is 50.7. The van der Waals surface area contributed by atoms with Gasteiger partial charge in [0.2, 0.25) is 0 Å². The Bertz CT molecular complexity index is 961. The van der Waals surface area contributed by atoms with Crippen molar-refractivity contribution in [3.63, 3.8) is 0 Å². The SMILES string of the molecule is CCCCC[C@H](O)C[C@H](O)CC(=O)O[C@H](CCCCC)C[C@H](O)CC(=O)O[C@H](CCCCC)C[C@H](O)CC(=O)O[C@H](CCCCC)C[C@H](O)CC(=O)O. The predicted molar refractivity (Wildman–Crippen MR) is 201 cm³/mol. The minimum atomic E-state index is -1.19. The molecule has 0 aromatic rings. The van der Waals surface area contributed by atoms with Crippen LogP contribution in [0.25, 0.3) is 0 Å². The molecule has 0 amide bonds. The summed E-state index contributed by atoms with van der Waals surface area (Å²) < 4.78 is 16.8. The van der Waals surface area contributed by atoms with Crippen molar-refractivity contribution in [2.45, 2.75) is 231 Å². The van der Waals surface area contributed by atoms with Crippen molar-refractivity contribution in [2.24, 2.45) is 0 Å². The number of carboxylic acids is 1. The number of ether oxygens (including phenoxy) is 3. The smallest absolute Gasteiger partial charge is 0.308 e. The number of carboxylic acid groups (broad SMARTS) is 1. The van der Waals surface area contributed by atoms with Gasteiger partial charge < -0.3 is 44.8 Å². The number of aliphatic carboxylic acids is 1. The third-order valence-electron chi connectivity index (χ3n) is 9.19. The van der Waals surface area contributed by atoms with Crippen LogP contribution in [0.5, 0.6) is 0 Å². The van der Waals surface area contributed by atoms with Gasteiger partial charge in [-0.3, -0.25) is 19.2 Å². The van der Waals surface area contributed by atoms with Crippen LogP contribution in [-0.2, 0) is 33.4 Å². The summed E-state index contributed by atoms with van der Waals surface area (Å²) in [5.41, 5.74) is 0. The number of hydrogen-bond acceptors (Lipinski definition) is 12. The molecule has 0 fully saturated rings. The van der Waals surface area contributed by atoms with Gasteiger partial charge in [0.25, 0.3) is 0 Å². The van der Waals surface area contributed by atoms with Crippen LogP contribution in [-0.4, -0.2) is 103 Å². The molecule has 0 heterocycles. The molecule has 312 valence electrons. The number of unbranched alkanes of at least 4 members (excludes halogenated alkanes) is 8. The molecule has 53 heavy (non-hydrogen) atoms. The molecule has 0 saturated carbocycles. The number of esters is 3. The zero-order valence-corrected chi connectivity index (χ0v) is 33.1. The minimum absolute atomic E-state index is 0.00412. The lowest BCUT2D eigenvalue weighted by Gasteiger charge is -2.24. The lowest BCUT2D eigenvalue weighted by Crippen LogP contribution is -2.31. The summed E-state index contributed by atoms with van der Waals surface area (Å²) in [4.78, 5) is 49.4. The van der Waals surface area contributed by atoms with Crippen LogP contribution in [0, 0.1) is 0 Å². The van der Waals surface area contributed by atoms with E-state index in [4.69, 9.17) is 19.3 Å². The lowest BCUT2D eigenvalue weighted by atomic mass is 10.0. The van der Waals surface area contributed by atoms with E-state index in [1.807, 2.05) is 20.8 Å². The summed E-state index contributed by atoms with van der Waals surface area (Å²) >= 11 is 0. The van der Waals surface area contributed by atoms with Crippen LogP contribution in [0.2, 0.25) is 0 Å². The van der Waals surface area contributed by atoms with Gasteiger partial charge in [0, 0.05) is 19.3 Å². The van der Waals surface area contributed by atoms with Crippen molar-refractivity contribution < 1.29 is 64.0 Å². The van der Waals surface area contributed by atoms with Crippen molar-refractivity contribution >= 4 is 23.9 Å². The van der Waals surface area contributed by atoms with Crippen LogP contribution < -0.4 is 0 Å². The molecule has 0 bridgehead atoms. The largest absolute Gasteiger partial charge is 0.481 e. The lowest BCUT2D eigenvalue weighted by molar-refractivity contribution is -0.156. The fourth-order valence-corrected chi connectivity index (χ4v) is 6.33. The average molecular weight is 763 g/mol.